The number of hydrogen-bond donors (Lipinski definition) is 2. The van der Waals surface area contributed by atoms with Gasteiger partial charge in [-0.1, -0.05) is 30.9 Å². The zero-order chi connectivity index (χ0) is 14.9. The van der Waals surface area contributed by atoms with Crippen LogP contribution >= 0.6 is 11.6 Å². The molecule has 5 heteroatoms. The highest BCUT2D eigenvalue weighted by atomic mass is 35.5. The SMILES string of the molecule is NCC1(C(O)c2cc(Cl)c3c(c2)OCCO3)CCCCC1. The van der Waals surface area contributed by atoms with Gasteiger partial charge in [0.25, 0.3) is 0 Å². The van der Waals surface area contributed by atoms with Gasteiger partial charge in [-0.25, -0.2) is 0 Å². The zero-order valence-electron chi connectivity index (χ0n) is 12.1. The van der Waals surface area contributed by atoms with E-state index in [1.807, 2.05) is 6.07 Å². The van der Waals surface area contributed by atoms with E-state index >= 15 is 0 Å². The van der Waals surface area contributed by atoms with Crippen molar-refractivity contribution >= 4 is 11.6 Å². The summed E-state index contributed by atoms with van der Waals surface area (Å²) in [5.41, 5.74) is 6.53. The number of aliphatic hydroxyl groups is 1. The lowest BCUT2D eigenvalue weighted by Gasteiger charge is -2.40. The number of ether oxygens (including phenoxy) is 2. The second-order valence-electron chi connectivity index (χ2n) is 6.06. The van der Waals surface area contributed by atoms with Crippen LogP contribution in [0.4, 0.5) is 0 Å². The van der Waals surface area contributed by atoms with Gasteiger partial charge in [0.05, 0.1) is 11.1 Å². The molecule has 0 spiro atoms. The molecule has 1 aromatic rings. The van der Waals surface area contributed by atoms with Crippen LogP contribution in [0.25, 0.3) is 0 Å². The van der Waals surface area contributed by atoms with Crippen molar-refractivity contribution in [3.8, 4) is 11.5 Å². The number of hydrogen-bond acceptors (Lipinski definition) is 4. The molecule has 1 unspecified atom stereocenters. The number of aliphatic hydroxyl groups excluding tert-OH is 1. The highest BCUT2D eigenvalue weighted by Gasteiger charge is 2.39. The molecule has 1 heterocycles. The van der Waals surface area contributed by atoms with E-state index in [0.717, 1.165) is 31.2 Å². The summed E-state index contributed by atoms with van der Waals surface area (Å²) in [7, 11) is 0. The van der Waals surface area contributed by atoms with Crippen molar-refractivity contribution in [1.29, 1.82) is 0 Å². The molecule has 1 aromatic carbocycles. The standard InChI is InChI=1S/C16H22ClNO3/c17-12-8-11(9-13-14(12)21-7-6-20-13)15(19)16(10-18)4-2-1-3-5-16/h8-9,15,19H,1-7,10,18H2. The van der Waals surface area contributed by atoms with Gasteiger partial charge in [-0.15, -0.1) is 0 Å². The first kappa shape index (κ1) is 14.9. The second-order valence-corrected chi connectivity index (χ2v) is 6.46. The molecule has 21 heavy (non-hydrogen) atoms. The summed E-state index contributed by atoms with van der Waals surface area (Å²) >= 11 is 6.27. The molecule has 1 saturated carbocycles. The Hall–Kier alpha value is -0.970. The van der Waals surface area contributed by atoms with Gasteiger partial charge in [0.1, 0.15) is 13.2 Å². The Kier molecular flexibility index (Phi) is 4.29. The van der Waals surface area contributed by atoms with Gasteiger partial charge in [-0.3, -0.25) is 0 Å². The summed E-state index contributed by atoms with van der Waals surface area (Å²) < 4.78 is 11.1. The second kappa shape index (κ2) is 6.03. The minimum absolute atomic E-state index is 0.245. The van der Waals surface area contributed by atoms with Crippen molar-refractivity contribution < 1.29 is 14.6 Å². The molecule has 0 bridgehead atoms. The summed E-state index contributed by atoms with van der Waals surface area (Å²) in [5, 5.41) is 11.4. The van der Waals surface area contributed by atoms with Crippen LogP contribution in [-0.2, 0) is 0 Å². The van der Waals surface area contributed by atoms with E-state index in [1.54, 1.807) is 6.07 Å². The molecule has 0 amide bonds. The molecule has 1 fully saturated rings. The largest absolute Gasteiger partial charge is 0.486 e. The van der Waals surface area contributed by atoms with Gasteiger partial charge < -0.3 is 20.3 Å². The van der Waals surface area contributed by atoms with Crippen LogP contribution in [0.3, 0.4) is 0 Å². The van der Waals surface area contributed by atoms with Gasteiger partial charge in [0, 0.05) is 12.0 Å². The first-order valence-electron chi connectivity index (χ1n) is 7.63. The first-order valence-corrected chi connectivity index (χ1v) is 8.01. The summed E-state index contributed by atoms with van der Waals surface area (Å²) in [6, 6.07) is 3.63. The van der Waals surface area contributed by atoms with Crippen LogP contribution in [0.2, 0.25) is 5.02 Å². The van der Waals surface area contributed by atoms with Crippen LogP contribution in [0.5, 0.6) is 11.5 Å². The Bertz CT molecular complexity index is 514. The molecule has 3 N–H and O–H groups in total. The van der Waals surface area contributed by atoms with Gasteiger partial charge in [0.2, 0.25) is 0 Å². The number of benzene rings is 1. The predicted molar refractivity (Wildman–Crippen MR) is 82.0 cm³/mol. The maximum atomic E-state index is 10.9. The molecule has 0 saturated heterocycles. The minimum atomic E-state index is -0.615. The maximum Gasteiger partial charge on any atom is 0.179 e. The number of fused-ring (bicyclic) bond motifs is 1. The Labute approximate surface area is 130 Å². The molecular formula is C16H22ClNO3. The van der Waals surface area contributed by atoms with Crippen molar-refractivity contribution in [2.75, 3.05) is 19.8 Å². The van der Waals surface area contributed by atoms with Crippen LogP contribution < -0.4 is 15.2 Å². The van der Waals surface area contributed by atoms with Gasteiger partial charge in [0.15, 0.2) is 11.5 Å². The first-order chi connectivity index (χ1) is 10.2. The van der Waals surface area contributed by atoms with Crippen molar-refractivity contribution in [1.82, 2.24) is 0 Å². The molecule has 0 aromatic heterocycles. The van der Waals surface area contributed by atoms with E-state index in [9.17, 15) is 5.11 Å². The van der Waals surface area contributed by atoms with Crippen molar-refractivity contribution in [2.24, 2.45) is 11.1 Å². The normalized spacial score (nSPS) is 21.9. The maximum absolute atomic E-state index is 10.9. The molecule has 4 nitrogen and oxygen atoms in total. The van der Waals surface area contributed by atoms with Gasteiger partial charge in [-0.05, 0) is 30.5 Å². The van der Waals surface area contributed by atoms with Crippen molar-refractivity contribution in [3.05, 3.63) is 22.7 Å². The fourth-order valence-corrected chi connectivity index (χ4v) is 3.76. The average Bonchev–Trinajstić information content (AvgIpc) is 2.54. The van der Waals surface area contributed by atoms with E-state index in [-0.39, 0.29) is 5.41 Å². The van der Waals surface area contributed by atoms with Gasteiger partial charge >= 0.3 is 0 Å². The lowest BCUT2D eigenvalue weighted by atomic mass is 9.68. The molecule has 2 aliphatic rings. The van der Waals surface area contributed by atoms with E-state index in [2.05, 4.69) is 0 Å². The summed E-state index contributed by atoms with van der Waals surface area (Å²) in [6.45, 7) is 1.49. The summed E-state index contributed by atoms with van der Waals surface area (Å²) in [6.07, 6.45) is 4.75. The van der Waals surface area contributed by atoms with Crippen LogP contribution in [0.1, 0.15) is 43.8 Å². The molecule has 3 rings (SSSR count). The molecule has 116 valence electrons. The van der Waals surface area contributed by atoms with Crippen LogP contribution in [-0.4, -0.2) is 24.9 Å². The lowest BCUT2D eigenvalue weighted by Crippen LogP contribution is -2.38. The summed E-state index contributed by atoms with van der Waals surface area (Å²) in [5.74, 6) is 1.19. The Balaban J connectivity index is 1.93. The molecular weight excluding hydrogens is 290 g/mol. The fourth-order valence-electron chi connectivity index (χ4n) is 3.49. The van der Waals surface area contributed by atoms with E-state index in [0.29, 0.717) is 36.3 Å². The van der Waals surface area contributed by atoms with E-state index < -0.39 is 6.10 Å². The van der Waals surface area contributed by atoms with E-state index in [4.69, 9.17) is 26.8 Å². The minimum Gasteiger partial charge on any atom is -0.486 e. The Morgan fingerprint density at radius 1 is 1.19 bits per heavy atom. The third-order valence-corrected chi connectivity index (χ3v) is 5.05. The Morgan fingerprint density at radius 3 is 2.62 bits per heavy atom. The Morgan fingerprint density at radius 2 is 1.90 bits per heavy atom. The molecule has 1 aliphatic heterocycles. The topological polar surface area (TPSA) is 64.7 Å². The summed E-state index contributed by atoms with van der Waals surface area (Å²) in [4.78, 5) is 0. The average molecular weight is 312 g/mol. The van der Waals surface area contributed by atoms with Crippen molar-refractivity contribution in [3.63, 3.8) is 0 Å². The van der Waals surface area contributed by atoms with Crippen molar-refractivity contribution in [2.45, 2.75) is 38.2 Å². The highest BCUT2D eigenvalue weighted by Crippen LogP contribution is 2.48. The monoisotopic (exact) mass is 311 g/mol. The third kappa shape index (κ3) is 2.72. The highest BCUT2D eigenvalue weighted by molar-refractivity contribution is 6.32. The quantitative estimate of drug-likeness (QED) is 0.900. The fraction of sp³-hybridized carbons (Fsp3) is 0.625. The third-order valence-electron chi connectivity index (χ3n) is 4.77. The van der Waals surface area contributed by atoms with Gasteiger partial charge in [-0.2, -0.15) is 0 Å². The lowest BCUT2D eigenvalue weighted by molar-refractivity contribution is 0.000414. The smallest absolute Gasteiger partial charge is 0.179 e. The van der Waals surface area contributed by atoms with Crippen LogP contribution in [0.15, 0.2) is 12.1 Å². The molecule has 1 atom stereocenters. The predicted octanol–water partition coefficient (Wildman–Crippen LogP) is 3.05. The van der Waals surface area contributed by atoms with E-state index in [1.165, 1.54) is 6.42 Å². The number of nitrogens with two attached hydrogens (primary N) is 1. The molecule has 1 aliphatic carbocycles. The number of halogens is 1. The number of rotatable bonds is 3. The molecule has 0 radical (unpaired) electrons. The zero-order valence-corrected chi connectivity index (χ0v) is 12.9. The van der Waals surface area contributed by atoms with Crippen LogP contribution in [0, 0.1) is 5.41 Å².